The smallest absolute Gasteiger partial charge is 0.140 e. The lowest BCUT2D eigenvalue weighted by Gasteiger charge is -2.25. The Hall–Kier alpha value is -1.11. The van der Waals surface area contributed by atoms with E-state index < -0.39 is 0 Å². The largest absolute Gasteiger partial charge is 0.299 e. The molecule has 3 aliphatic rings. The lowest BCUT2D eigenvalue weighted by molar-refractivity contribution is -0.121. The molecule has 14 heavy (non-hydrogen) atoms. The molecule has 0 saturated heterocycles. The van der Waals surface area contributed by atoms with Crippen LogP contribution in [0, 0.1) is 0 Å². The van der Waals surface area contributed by atoms with Gasteiger partial charge in [-0.1, -0.05) is 30.7 Å². The van der Waals surface area contributed by atoms with Crippen LogP contribution in [0.25, 0.3) is 0 Å². The van der Waals surface area contributed by atoms with Gasteiger partial charge < -0.3 is 0 Å². The first-order valence-corrected chi connectivity index (χ1v) is 5.48. The number of rotatable bonds is 0. The minimum Gasteiger partial charge on any atom is -0.299 e. The number of ketones is 1. The van der Waals surface area contributed by atoms with Crippen LogP contribution in [-0.4, -0.2) is 5.78 Å². The molecule has 2 atom stereocenters. The second-order valence-electron chi connectivity index (χ2n) is 4.48. The van der Waals surface area contributed by atoms with Gasteiger partial charge in [0.2, 0.25) is 0 Å². The Bertz CT molecular complexity index is 381. The topological polar surface area (TPSA) is 17.1 Å². The Labute approximate surface area is 84.1 Å². The van der Waals surface area contributed by atoms with Gasteiger partial charge in [0.15, 0.2) is 0 Å². The zero-order valence-corrected chi connectivity index (χ0v) is 8.20. The highest BCUT2D eigenvalue weighted by Crippen LogP contribution is 2.44. The maximum Gasteiger partial charge on any atom is 0.140 e. The number of hydrogen-bond acceptors (Lipinski definition) is 1. The van der Waals surface area contributed by atoms with Crippen LogP contribution >= 0.6 is 0 Å². The Morgan fingerprint density at radius 3 is 2.71 bits per heavy atom. The summed E-state index contributed by atoms with van der Waals surface area (Å²) in [5.74, 6) is 1.23. The molecule has 1 heteroatoms. The summed E-state index contributed by atoms with van der Waals surface area (Å²) >= 11 is 0. The van der Waals surface area contributed by atoms with E-state index in [9.17, 15) is 4.79 Å². The van der Waals surface area contributed by atoms with Crippen LogP contribution in [0.1, 0.15) is 48.6 Å². The van der Waals surface area contributed by atoms with Gasteiger partial charge in [0.1, 0.15) is 5.78 Å². The number of hydrogen-bond donors (Lipinski definition) is 0. The summed E-state index contributed by atoms with van der Waals surface area (Å²) < 4.78 is 0. The van der Waals surface area contributed by atoms with Gasteiger partial charge in [0.25, 0.3) is 0 Å². The number of benzene rings is 1. The van der Waals surface area contributed by atoms with Gasteiger partial charge >= 0.3 is 0 Å². The van der Waals surface area contributed by atoms with Gasteiger partial charge in [-0.2, -0.15) is 0 Å². The Morgan fingerprint density at radius 2 is 1.86 bits per heavy atom. The van der Waals surface area contributed by atoms with Gasteiger partial charge in [-0.15, -0.1) is 0 Å². The van der Waals surface area contributed by atoms with Crippen LogP contribution in [-0.2, 0) is 4.79 Å². The molecule has 0 radical (unpaired) electrons. The molecular formula is C13H14O. The van der Waals surface area contributed by atoms with Crippen LogP contribution in [0.15, 0.2) is 24.3 Å². The summed E-state index contributed by atoms with van der Waals surface area (Å²) in [7, 11) is 0. The normalized spacial score (nSPS) is 29.9. The molecule has 0 amide bonds. The molecule has 4 rings (SSSR count). The van der Waals surface area contributed by atoms with Gasteiger partial charge in [0, 0.05) is 12.3 Å². The highest BCUT2D eigenvalue weighted by Gasteiger charge is 2.35. The predicted molar refractivity (Wildman–Crippen MR) is 55.4 cm³/mol. The Balaban J connectivity index is 2.20. The quantitative estimate of drug-likeness (QED) is 0.608. The standard InChI is InChI=1S/C13H14O/c14-13-8-9-4-3-7-12(13)11-6-2-1-5-10(9)11/h1-2,5-6,9,12H,3-4,7-8H2/t9-,12-/m0/s1. The van der Waals surface area contributed by atoms with Crippen molar-refractivity contribution in [3.8, 4) is 0 Å². The van der Waals surface area contributed by atoms with Crippen LogP contribution in [0.5, 0.6) is 0 Å². The number of fused-ring (bicyclic) bond motifs is 3. The third kappa shape index (κ3) is 1.05. The zero-order chi connectivity index (χ0) is 9.54. The monoisotopic (exact) mass is 186 g/mol. The third-order valence-corrected chi connectivity index (χ3v) is 3.69. The van der Waals surface area contributed by atoms with E-state index in [1.165, 1.54) is 24.0 Å². The van der Waals surface area contributed by atoms with Crippen molar-refractivity contribution in [1.82, 2.24) is 0 Å². The summed E-state index contributed by atoms with van der Waals surface area (Å²) in [6.45, 7) is 0. The summed E-state index contributed by atoms with van der Waals surface area (Å²) in [6.07, 6.45) is 4.29. The van der Waals surface area contributed by atoms with Crippen LogP contribution in [0.2, 0.25) is 0 Å². The number of Topliss-reactive ketones (excluding diaryl/α,β-unsaturated/α-hetero) is 1. The van der Waals surface area contributed by atoms with Gasteiger partial charge in [-0.05, 0) is 29.9 Å². The molecule has 1 fully saturated rings. The lowest BCUT2D eigenvalue weighted by atomic mass is 9.77. The fourth-order valence-corrected chi connectivity index (χ4v) is 3.01. The maximum absolute atomic E-state index is 11.8. The molecule has 1 nitrogen and oxygen atoms in total. The first-order valence-electron chi connectivity index (χ1n) is 5.48. The van der Waals surface area contributed by atoms with Crippen molar-refractivity contribution in [3.05, 3.63) is 35.4 Å². The summed E-state index contributed by atoms with van der Waals surface area (Å²) in [6, 6.07) is 8.52. The highest BCUT2D eigenvalue weighted by atomic mass is 16.1. The van der Waals surface area contributed by atoms with Crippen LogP contribution < -0.4 is 0 Å². The molecular weight excluding hydrogens is 172 g/mol. The minimum atomic E-state index is 0.227. The second kappa shape index (κ2) is 2.94. The van der Waals surface area contributed by atoms with Crippen LogP contribution in [0.3, 0.4) is 0 Å². The maximum atomic E-state index is 11.8. The molecule has 0 heterocycles. The Kier molecular flexibility index (Phi) is 1.73. The minimum absolute atomic E-state index is 0.227. The van der Waals surface area contributed by atoms with E-state index in [4.69, 9.17) is 0 Å². The molecule has 0 N–H and O–H groups in total. The first-order chi connectivity index (χ1) is 6.86. The first kappa shape index (κ1) is 8.22. The van der Waals surface area contributed by atoms with Crippen molar-refractivity contribution in [2.75, 3.05) is 0 Å². The second-order valence-corrected chi connectivity index (χ2v) is 4.48. The molecule has 1 saturated carbocycles. The third-order valence-electron chi connectivity index (χ3n) is 3.69. The molecule has 1 aromatic carbocycles. The average Bonchev–Trinajstić information content (AvgIpc) is 2.49. The zero-order valence-electron chi connectivity index (χ0n) is 8.20. The fourth-order valence-electron chi connectivity index (χ4n) is 3.01. The van der Waals surface area contributed by atoms with E-state index in [1.54, 1.807) is 0 Å². The molecule has 0 aliphatic heterocycles. The lowest BCUT2D eigenvalue weighted by Crippen LogP contribution is -2.20. The average molecular weight is 186 g/mol. The van der Waals surface area contributed by atoms with Gasteiger partial charge in [-0.25, -0.2) is 0 Å². The van der Waals surface area contributed by atoms with Crippen LogP contribution in [0.4, 0.5) is 0 Å². The van der Waals surface area contributed by atoms with E-state index in [2.05, 4.69) is 24.3 Å². The van der Waals surface area contributed by atoms with E-state index >= 15 is 0 Å². The van der Waals surface area contributed by atoms with E-state index in [-0.39, 0.29) is 5.92 Å². The fraction of sp³-hybridized carbons (Fsp3) is 0.462. The predicted octanol–water partition coefficient (Wildman–Crippen LogP) is 3.01. The van der Waals surface area contributed by atoms with Crippen molar-refractivity contribution in [2.24, 2.45) is 0 Å². The molecule has 0 spiro atoms. The molecule has 0 unspecified atom stereocenters. The van der Waals surface area contributed by atoms with E-state index in [0.717, 1.165) is 12.8 Å². The van der Waals surface area contributed by atoms with E-state index in [0.29, 0.717) is 11.7 Å². The SMILES string of the molecule is O=C1C[C@@H]2CCC[C@H]1c1ccccc12. The molecule has 0 aromatic heterocycles. The molecule has 72 valence electrons. The molecule has 1 aromatic rings. The number of carbonyl (C=O) groups excluding carboxylic acids is 1. The number of carbonyl (C=O) groups is 1. The van der Waals surface area contributed by atoms with Gasteiger partial charge in [-0.3, -0.25) is 4.79 Å². The Morgan fingerprint density at radius 1 is 1.07 bits per heavy atom. The van der Waals surface area contributed by atoms with Crippen molar-refractivity contribution in [2.45, 2.75) is 37.5 Å². The highest BCUT2D eigenvalue weighted by molar-refractivity contribution is 5.89. The van der Waals surface area contributed by atoms with Crippen molar-refractivity contribution in [3.63, 3.8) is 0 Å². The van der Waals surface area contributed by atoms with Crippen molar-refractivity contribution < 1.29 is 4.79 Å². The molecule has 3 aliphatic carbocycles. The van der Waals surface area contributed by atoms with Crippen molar-refractivity contribution >= 4 is 5.78 Å². The molecule has 2 bridgehead atoms. The summed E-state index contributed by atoms with van der Waals surface area (Å²) in [5, 5.41) is 0. The summed E-state index contributed by atoms with van der Waals surface area (Å²) in [4.78, 5) is 11.8. The van der Waals surface area contributed by atoms with E-state index in [1.807, 2.05) is 0 Å². The summed E-state index contributed by atoms with van der Waals surface area (Å²) in [5.41, 5.74) is 2.78. The van der Waals surface area contributed by atoms with Crippen molar-refractivity contribution in [1.29, 1.82) is 0 Å². The van der Waals surface area contributed by atoms with Gasteiger partial charge in [0.05, 0.1) is 0 Å².